The van der Waals surface area contributed by atoms with Crippen LogP contribution >= 0.6 is 11.3 Å². The molecule has 0 atom stereocenters. The van der Waals surface area contributed by atoms with Gasteiger partial charge in [0, 0.05) is 6.07 Å². The first kappa shape index (κ1) is 13.3. The van der Waals surface area contributed by atoms with Crippen LogP contribution in [0.3, 0.4) is 0 Å². The summed E-state index contributed by atoms with van der Waals surface area (Å²) in [5, 5.41) is 15.1. The van der Waals surface area contributed by atoms with Crippen LogP contribution in [0.15, 0.2) is 28.8 Å². The number of rotatable bonds is 3. The van der Waals surface area contributed by atoms with Gasteiger partial charge in [-0.3, -0.25) is 10.1 Å². The Labute approximate surface area is 122 Å². The van der Waals surface area contributed by atoms with E-state index >= 15 is 0 Å². The molecule has 0 aliphatic rings. The van der Waals surface area contributed by atoms with Crippen molar-refractivity contribution in [2.45, 2.75) is 6.92 Å². The van der Waals surface area contributed by atoms with Crippen LogP contribution < -0.4 is 5.32 Å². The van der Waals surface area contributed by atoms with Gasteiger partial charge in [0.1, 0.15) is 0 Å². The average Bonchev–Trinajstić information content (AvgIpc) is 3.03. The summed E-state index contributed by atoms with van der Waals surface area (Å²) in [6.45, 7) is 1.97. The quantitative estimate of drug-likeness (QED) is 0.770. The summed E-state index contributed by atoms with van der Waals surface area (Å²) in [6, 6.07) is 6.84. The minimum absolute atomic E-state index is 0.108. The Bertz CT molecular complexity index is 852. The Hall–Kier alpha value is -2.74. The third-order valence-corrected chi connectivity index (χ3v) is 3.65. The number of anilines is 1. The van der Waals surface area contributed by atoms with E-state index in [1.54, 1.807) is 0 Å². The zero-order chi connectivity index (χ0) is 15.0. The van der Waals surface area contributed by atoms with Crippen LogP contribution in [0.1, 0.15) is 26.6 Å². The number of thiazole rings is 1. The Balaban J connectivity index is 1.83. The molecule has 1 amide bonds. The number of carbonyl (C=O) groups is 2. The standard InChI is InChI=1S/C13H9N3O4S/c1-6-2-3-7-10(4-6)21-13(14-7)15-11(17)8-5-9(12(18)19)20-16-8/h2-5H,1H3,(H,18,19)(H,14,15,17). The second-order valence-corrected chi connectivity index (χ2v) is 5.36. The second kappa shape index (κ2) is 4.98. The maximum absolute atomic E-state index is 11.9. The molecule has 21 heavy (non-hydrogen) atoms. The summed E-state index contributed by atoms with van der Waals surface area (Å²) < 4.78 is 5.49. The van der Waals surface area contributed by atoms with Gasteiger partial charge in [-0.25, -0.2) is 9.78 Å². The van der Waals surface area contributed by atoms with Gasteiger partial charge < -0.3 is 9.63 Å². The van der Waals surface area contributed by atoms with E-state index in [0.717, 1.165) is 21.8 Å². The molecule has 3 rings (SSSR count). The molecule has 7 nitrogen and oxygen atoms in total. The van der Waals surface area contributed by atoms with Crippen molar-refractivity contribution < 1.29 is 19.2 Å². The topological polar surface area (TPSA) is 105 Å². The summed E-state index contributed by atoms with van der Waals surface area (Å²) in [7, 11) is 0. The third-order valence-electron chi connectivity index (χ3n) is 2.72. The fraction of sp³-hybridized carbons (Fsp3) is 0.0769. The molecule has 8 heteroatoms. The predicted octanol–water partition coefficient (Wildman–Crippen LogP) is 2.54. The Morgan fingerprint density at radius 1 is 1.33 bits per heavy atom. The maximum Gasteiger partial charge on any atom is 0.374 e. The molecule has 0 spiro atoms. The molecule has 0 fully saturated rings. The van der Waals surface area contributed by atoms with Crippen LogP contribution in [0.2, 0.25) is 0 Å². The summed E-state index contributed by atoms with van der Waals surface area (Å²) in [5.74, 6) is -2.24. The van der Waals surface area contributed by atoms with E-state index in [9.17, 15) is 9.59 Å². The number of nitrogens with one attached hydrogen (secondary N) is 1. The lowest BCUT2D eigenvalue weighted by Gasteiger charge is -1.95. The minimum atomic E-state index is -1.28. The van der Waals surface area contributed by atoms with Crippen molar-refractivity contribution in [3.05, 3.63) is 41.3 Å². The SMILES string of the molecule is Cc1ccc2nc(NC(=O)c3cc(C(=O)O)on3)sc2c1. The number of aromatic carboxylic acids is 1. The first-order chi connectivity index (χ1) is 10.0. The lowest BCUT2D eigenvalue weighted by atomic mass is 10.2. The number of fused-ring (bicyclic) bond motifs is 1. The molecule has 0 aliphatic carbocycles. The van der Waals surface area contributed by atoms with Crippen molar-refractivity contribution in [3.8, 4) is 0 Å². The number of nitrogens with zero attached hydrogens (tertiary/aromatic N) is 2. The molecule has 2 N–H and O–H groups in total. The molecule has 2 aromatic heterocycles. The van der Waals surface area contributed by atoms with Gasteiger partial charge in [0.15, 0.2) is 10.8 Å². The van der Waals surface area contributed by atoms with Crippen LogP contribution in [0.5, 0.6) is 0 Å². The van der Waals surface area contributed by atoms with Gasteiger partial charge in [-0.15, -0.1) is 0 Å². The lowest BCUT2D eigenvalue weighted by molar-refractivity contribution is 0.0651. The fourth-order valence-corrected chi connectivity index (χ4v) is 2.69. The van der Waals surface area contributed by atoms with Gasteiger partial charge in [0.2, 0.25) is 5.76 Å². The number of aryl methyl sites for hydroxylation is 1. The van der Waals surface area contributed by atoms with Crippen LogP contribution in [0.4, 0.5) is 5.13 Å². The third kappa shape index (κ3) is 2.61. The fourth-order valence-electron chi connectivity index (χ4n) is 1.73. The zero-order valence-electron chi connectivity index (χ0n) is 10.8. The summed E-state index contributed by atoms with van der Waals surface area (Å²) in [4.78, 5) is 26.9. The minimum Gasteiger partial charge on any atom is -0.475 e. The number of amides is 1. The largest absolute Gasteiger partial charge is 0.475 e. The monoisotopic (exact) mass is 303 g/mol. The number of carboxylic acids is 1. The number of hydrogen-bond acceptors (Lipinski definition) is 6. The molecule has 2 heterocycles. The summed E-state index contributed by atoms with van der Waals surface area (Å²) in [6.07, 6.45) is 0. The van der Waals surface area contributed by atoms with Crippen molar-refractivity contribution in [2.75, 3.05) is 5.32 Å². The van der Waals surface area contributed by atoms with Gasteiger partial charge in [-0.1, -0.05) is 22.6 Å². The van der Waals surface area contributed by atoms with Crippen LogP contribution in [-0.2, 0) is 0 Å². The molecule has 3 aromatic rings. The molecule has 0 aliphatic heterocycles. The smallest absolute Gasteiger partial charge is 0.374 e. The van der Waals surface area contributed by atoms with Crippen molar-refractivity contribution in [3.63, 3.8) is 0 Å². The molecule has 0 saturated carbocycles. The van der Waals surface area contributed by atoms with E-state index < -0.39 is 11.9 Å². The Kier molecular flexibility index (Phi) is 3.15. The highest BCUT2D eigenvalue weighted by atomic mass is 32.1. The van der Waals surface area contributed by atoms with Crippen molar-refractivity contribution >= 4 is 38.6 Å². The normalized spacial score (nSPS) is 10.7. The van der Waals surface area contributed by atoms with E-state index in [4.69, 9.17) is 5.11 Å². The van der Waals surface area contributed by atoms with Crippen molar-refractivity contribution in [1.29, 1.82) is 0 Å². The van der Waals surface area contributed by atoms with Crippen molar-refractivity contribution in [1.82, 2.24) is 10.1 Å². The highest BCUT2D eigenvalue weighted by Gasteiger charge is 2.17. The lowest BCUT2D eigenvalue weighted by Crippen LogP contribution is -2.11. The molecular weight excluding hydrogens is 294 g/mol. The first-order valence-electron chi connectivity index (χ1n) is 5.91. The van der Waals surface area contributed by atoms with Gasteiger partial charge in [-0.05, 0) is 24.6 Å². The molecule has 0 radical (unpaired) electrons. The first-order valence-corrected chi connectivity index (χ1v) is 6.73. The van der Waals surface area contributed by atoms with Crippen LogP contribution in [0, 0.1) is 6.92 Å². The Morgan fingerprint density at radius 2 is 2.14 bits per heavy atom. The van der Waals surface area contributed by atoms with E-state index in [-0.39, 0.29) is 11.5 Å². The van der Waals surface area contributed by atoms with Gasteiger partial charge >= 0.3 is 5.97 Å². The second-order valence-electron chi connectivity index (χ2n) is 4.33. The van der Waals surface area contributed by atoms with Crippen molar-refractivity contribution in [2.24, 2.45) is 0 Å². The highest BCUT2D eigenvalue weighted by Crippen LogP contribution is 2.26. The van der Waals surface area contributed by atoms with Gasteiger partial charge in [0.25, 0.3) is 5.91 Å². The van der Waals surface area contributed by atoms with Gasteiger partial charge in [0.05, 0.1) is 10.2 Å². The molecule has 0 bridgehead atoms. The highest BCUT2D eigenvalue weighted by molar-refractivity contribution is 7.22. The van der Waals surface area contributed by atoms with Crippen LogP contribution in [0.25, 0.3) is 10.2 Å². The number of carbonyl (C=O) groups excluding carboxylic acids is 1. The summed E-state index contributed by atoms with van der Waals surface area (Å²) in [5.41, 5.74) is 1.78. The molecular formula is C13H9N3O4S. The zero-order valence-corrected chi connectivity index (χ0v) is 11.6. The number of aromatic nitrogens is 2. The number of carboxylic acid groups (broad SMARTS) is 1. The number of benzene rings is 1. The van der Waals surface area contributed by atoms with Crippen LogP contribution in [-0.4, -0.2) is 27.1 Å². The van der Waals surface area contributed by atoms with E-state index in [1.165, 1.54) is 11.3 Å². The molecule has 0 unspecified atom stereocenters. The molecule has 106 valence electrons. The van der Waals surface area contributed by atoms with E-state index in [2.05, 4.69) is 20.0 Å². The average molecular weight is 303 g/mol. The Morgan fingerprint density at radius 3 is 2.86 bits per heavy atom. The predicted molar refractivity (Wildman–Crippen MR) is 75.8 cm³/mol. The molecule has 0 saturated heterocycles. The summed E-state index contributed by atoms with van der Waals surface area (Å²) >= 11 is 1.33. The van der Waals surface area contributed by atoms with E-state index in [0.29, 0.717) is 5.13 Å². The number of hydrogen-bond donors (Lipinski definition) is 2. The van der Waals surface area contributed by atoms with E-state index in [1.807, 2.05) is 25.1 Å². The maximum atomic E-state index is 11.9. The molecule has 1 aromatic carbocycles. The van der Waals surface area contributed by atoms with Gasteiger partial charge in [-0.2, -0.15) is 0 Å².